The number of methoxy groups -OCH3 is 1. The molecule has 1 saturated carbocycles. The van der Waals surface area contributed by atoms with Crippen molar-refractivity contribution in [2.75, 3.05) is 13.7 Å². The summed E-state index contributed by atoms with van der Waals surface area (Å²) in [6, 6.07) is 0. The fourth-order valence-electron chi connectivity index (χ4n) is 3.30. The third kappa shape index (κ3) is 3.56. The molecule has 2 atom stereocenters. The molecule has 1 aromatic heterocycles. The number of hydrogen-bond donors (Lipinski definition) is 2. The molecule has 2 rings (SSSR count). The lowest BCUT2D eigenvalue weighted by Crippen LogP contribution is -2.34. The average Bonchev–Trinajstić information content (AvgIpc) is 2.73. The van der Waals surface area contributed by atoms with Gasteiger partial charge >= 0.3 is 5.97 Å². The highest BCUT2D eigenvalue weighted by atomic mass is 16.5. The number of nitrogens with zero attached hydrogens (tertiary/aromatic N) is 2. The summed E-state index contributed by atoms with van der Waals surface area (Å²) >= 11 is 0. The van der Waals surface area contributed by atoms with E-state index in [1.807, 2.05) is 14.0 Å². The number of aryl methyl sites for hydroxylation is 2. The van der Waals surface area contributed by atoms with Crippen LogP contribution in [0.5, 0.6) is 5.88 Å². The number of carbonyl (C=O) groups is 1. The molecule has 1 fully saturated rings. The standard InChI is InChI=1S/C15H25N3O3/c1-10-13(14(21-3)18(2)17-10)9-16-8-11-6-4-5-7-12(11)15(19)20/h11-12,16H,4-9H2,1-3H3,(H,19,20). The molecule has 1 aliphatic rings. The number of ether oxygens (including phenoxy) is 1. The van der Waals surface area contributed by atoms with E-state index >= 15 is 0 Å². The third-order valence-electron chi connectivity index (χ3n) is 4.42. The smallest absolute Gasteiger partial charge is 0.306 e. The van der Waals surface area contributed by atoms with Gasteiger partial charge in [-0.2, -0.15) is 5.10 Å². The SMILES string of the molecule is COc1c(CNCC2CCCCC2C(=O)O)c(C)nn1C. The Morgan fingerprint density at radius 1 is 1.48 bits per heavy atom. The number of hydrogen-bond acceptors (Lipinski definition) is 4. The maximum atomic E-state index is 11.3. The van der Waals surface area contributed by atoms with Gasteiger partial charge in [0.25, 0.3) is 0 Å². The second kappa shape index (κ2) is 6.93. The molecule has 0 bridgehead atoms. The van der Waals surface area contributed by atoms with E-state index in [4.69, 9.17) is 4.74 Å². The largest absolute Gasteiger partial charge is 0.481 e. The van der Waals surface area contributed by atoms with Crippen LogP contribution in [0.15, 0.2) is 0 Å². The summed E-state index contributed by atoms with van der Waals surface area (Å²) in [5.41, 5.74) is 1.99. The zero-order valence-electron chi connectivity index (χ0n) is 13.1. The zero-order valence-corrected chi connectivity index (χ0v) is 13.1. The van der Waals surface area contributed by atoms with Gasteiger partial charge in [0.2, 0.25) is 5.88 Å². The van der Waals surface area contributed by atoms with Crippen molar-refractivity contribution in [1.29, 1.82) is 0 Å². The molecule has 0 saturated heterocycles. The molecule has 2 unspecified atom stereocenters. The molecule has 6 nitrogen and oxygen atoms in total. The predicted octanol–water partition coefficient (Wildman–Crippen LogP) is 1.72. The minimum absolute atomic E-state index is 0.205. The molecule has 0 aromatic carbocycles. The van der Waals surface area contributed by atoms with Gasteiger partial charge in [0, 0.05) is 13.6 Å². The molecule has 0 aliphatic heterocycles. The van der Waals surface area contributed by atoms with E-state index in [0.717, 1.165) is 49.4 Å². The second-order valence-electron chi connectivity index (χ2n) is 5.82. The topological polar surface area (TPSA) is 76.4 Å². The molecule has 2 N–H and O–H groups in total. The van der Waals surface area contributed by atoms with Crippen LogP contribution in [0.2, 0.25) is 0 Å². The number of aromatic nitrogens is 2. The zero-order chi connectivity index (χ0) is 15.4. The normalized spacial score (nSPS) is 22.2. The maximum absolute atomic E-state index is 11.3. The van der Waals surface area contributed by atoms with Crippen LogP contribution in [0.3, 0.4) is 0 Å². The minimum atomic E-state index is -0.656. The summed E-state index contributed by atoms with van der Waals surface area (Å²) in [6.45, 7) is 3.35. The number of nitrogens with one attached hydrogen (secondary N) is 1. The van der Waals surface area contributed by atoms with Crippen LogP contribution in [0.1, 0.15) is 36.9 Å². The molecule has 0 radical (unpaired) electrons. The molecular formula is C15H25N3O3. The Balaban J connectivity index is 1.93. The van der Waals surface area contributed by atoms with Crippen molar-refractivity contribution in [3.8, 4) is 5.88 Å². The van der Waals surface area contributed by atoms with Crippen LogP contribution in [0, 0.1) is 18.8 Å². The Morgan fingerprint density at radius 3 is 2.86 bits per heavy atom. The highest BCUT2D eigenvalue weighted by Crippen LogP contribution is 2.30. The van der Waals surface area contributed by atoms with E-state index in [9.17, 15) is 9.90 Å². The summed E-state index contributed by atoms with van der Waals surface area (Å²) in [5, 5.41) is 17.0. The second-order valence-corrected chi connectivity index (χ2v) is 5.82. The molecule has 0 amide bonds. The Bertz CT molecular complexity index is 499. The van der Waals surface area contributed by atoms with Crippen molar-refractivity contribution in [2.24, 2.45) is 18.9 Å². The molecule has 0 spiro atoms. The van der Waals surface area contributed by atoms with Gasteiger partial charge in [-0.1, -0.05) is 12.8 Å². The van der Waals surface area contributed by atoms with Gasteiger partial charge in [0.1, 0.15) is 0 Å². The van der Waals surface area contributed by atoms with E-state index in [1.54, 1.807) is 11.8 Å². The van der Waals surface area contributed by atoms with E-state index in [0.29, 0.717) is 6.54 Å². The van der Waals surface area contributed by atoms with Gasteiger partial charge in [0.15, 0.2) is 0 Å². The molecule has 1 aromatic rings. The Labute approximate surface area is 125 Å². The van der Waals surface area contributed by atoms with Crippen LogP contribution in [-0.4, -0.2) is 34.5 Å². The van der Waals surface area contributed by atoms with Gasteiger partial charge in [-0.15, -0.1) is 0 Å². The van der Waals surface area contributed by atoms with E-state index in [-0.39, 0.29) is 11.8 Å². The molecular weight excluding hydrogens is 270 g/mol. The summed E-state index contributed by atoms with van der Waals surface area (Å²) in [5.74, 6) is 0.123. The van der Waals surface area contributed by atoms with Crippen LogP contribution in [0.25, 0.3) is 0 Å². The van der Waals surface area contributed by atoms with Gasteiger partial charge in [-0.3, -0.25) is 4.79 Å². The summed E-state index contributed by atoms with van der Waals surface area (Å²) < 4.78 is 7.09. The molecule has 118 valence electrons. The highest BCUT2D eigenvalue weighted by molar-refractivity contribution is 5.70. The Hall–Kier alpha value is -1.56. The van der Waals surface area contributed by atoms with Gasteiger partial charge in [-0.05, 0) is 32.2 Å². The van der Waals surface area contributed by atoms with Crippen LogP contribution < -0.4 is 10.1 Å². The van der Waals surface area contributed by atoms with Gasteiger partial charge < -0.3 is 15.2 Å². The van der Waals surface area contributed by atoms with E-state index in [1.165, 1.54) is 0 Å². The summed E-state index contributed by atoms with van der Waals surface area (Å²) in [6.07, 6.45) is 3.96. The first kappa shape index (κ1) is 15.8. The molecule has 6 heteroatoms. The van der Waals surface area contributed by atoms with Crippen molar-refractivity contribution in [2.45, 2.75) is 39.2 Å². The first-order valence-corrected chi connectivity index (χ1v) is 7.54. The summed E-state index contributed by atoms with van der Waals surface area (Å²) in [7, 11) is 3.50. The molecule has 1 aliphatic carbocycles. The quantitative estimate of drug-likeness (QED) is 0.835. The monoisotopic (exact) mass is 295 g/mol. The van der Waals surface area contributed by atoms with E-state index in [2.05, 4.69) is 10.4 Å². The van der Waals surface area contributed by atoms with Crippen LogP contribution >= 0.6 is 0 Å². The third-order valence-corrected chi connectivity index (χ3v) is 4.42. The van der Waals surface area contributed by atoms with Gasteiger partial charge in [-0.25, -0.2) is 4.68 Å². The average molecular weight is 295 g/mol. The lowest BCUT2D eigenvalue weighted by molar-refractivity contribution is -0.144. The number of carboxylic acid groups (broad SMARTS) is 1. The van der Waals surface area contributed by atoms with Crippen molar-refractivity contribution in [1.82, 2.24) is 15.1 Å². The lowest BCUT2D eigenvalue weighted by atomic mass is 9.79. The van der Waals surface area contributed by atoms with Crippen LogP contribution in [-0.2, 0) is 18.4 Å². The van der Waals surface area contributed by atoms with E-state index < -0.39 is 5.97 Å². The Kier molecular flexibility index (Phi) is 5.22. The lowest BCUT2D eigenvalue weighted by Gasteiger charge is -2.28. The fraction of sp³-hybridized carbons (Fsp3) is 0.733. The highest BCUT2D eigenvalue weighted by Gasteiger charge is 2.30. The first-order valence-electron chi connectivity index (χ1n) is 7.54. The van der Waals surface area contributed by atoms with Crippen molar-refractivity contribution < 1.29 is 14.6 Å². The van der Waals surface area contributed by atoms with Gasteiger partial charge in [0.05, 0.1) is 24.3 Å². The summed E-state index contributed by atoms with van der Waals surface area (Å²) in [4.78, 5) is 11.3. The Morgan fingerprint density at radius 2 is 2.19 bits per heavy atom. The number of rotatable bonds is 6. The number of carboxylic acids is 1. The van der Waals surface area contributed by atoms with Crippen LogP contribution in [0.4, 0.5) is 0 Å². The van der Waals surface area contributed by atoms with Crippen molar-refractivity contribution in [3.05, 3.63) is 11.3 Å². The first-order chi connectivity index (χ1) is 10.0. The predicted molar refractivity (Wildman–Crippen MR) is 79.3 cm³/mol. The molecule has 1 heterocycles. The fourth-order valence-corrected chi connectivity index (χ4v) is 3.30. The number of aliphatic carboxylic acids is 1. The maximum Gasteiger partial charge on any atom is 0.306 e. The minimum Gasteiger partial charge on any atom is -0.481 e. The van der Waals surface area contributed by atoms with Crippen molar-refractivity contribution in [3.63, 3.8) is 0 Å². The molecule has 21 heavy (non-hydrogen) atoms. The van der Waals surface area contributed by atoms with Crippen molar-refractivity contribution >= 4 is 5.97 Å².